The second-order valence-electron chi connectivity index (χ2n) is 2.51. The highest BCUT2D eigenvalue weighted by Crippen LogP contribution is 2.02. The Morgan fingerprint density at radius 1 is 1.40 bits per heavy atom. The molecule has 0 rings (SSSR count). The Labute approximate surface area is 86.5 Å². The van der Waals surface area contributed by atoms with E-state index >= 15 is 0 Å². The summed E-state index contributed by atoms with van der Waals surface area (Å²) in [5.41, 5.74) is 0. The van der Waals surface area contributed by atoms with Crippen molar-refractivity contribution >= 4 is 22.0 Å². The molecule has 0 atom stereocenters. The van der Waals surface area contributed by atoms with E-state index in [-0.39, 0.29) is 18.9 Å². The zero-order chi connectivity index (χ0) is 12.1. The molecule has 0 aromatic heterocycles. The van der Waals surface area contributed by atoms with Gasteiger partial charge in [-0.3, -0.25) is 9.35 Å². The molecule has 0 spiro atoms. The van der Waals surface area contributed by atoms with Gasteiger partial charge in [0.15, 0.2) is 4.91 Å². The van der Waals surface area contributed by atoms with E-state index in [0.29, 0.717) is 6.08 Å². The molecule has 0 aliphatic rings. The molecular formula is C7H11NO6S. The third-order valence-corrected chi connectivity index (χ3v) is 2.29. The van der Waals surface area contributed by atoms with Crippen molar-refractivity contribution in [2.24, 2.45) is 0 Å². The highest BCUT2D eigenvalue weighted by Gasteiger charge is 2.21. The largest absolute Gasteiger partial charge is 0.477 e. The summed E-state index contributed by atoms with van der Waals surface area (Å²) in [5, 5.41) is 10.6. The van der Waals surface area contributed by atoms with Gasteiger partial charge >= 0.3 is 16.1 Å². The van der Waals surface area contributed by atoms with E-state index in [0.717, 1.165) is 0 Å². The van der Waals surface area contributed by atoms with Crippen LogP contribution < -0.4 is 5.32 Å². The fraction of sp³-hybridized carbons (Fsp3) is 0.429. The van der Waals surface area contributed by atoms with Crippen molar-refractivity contribution in [2.75, 3.05) is 6.54 Å². The number of amides is 1. The first-order chi connectivity index (χ1) is 6.79. The minimum atomic E-state index is -4.76. The number of hydrogen-bond acceptors (Lipinski definition) is 4. The Morgan fingerprint density at radius 3 is 2.27 bits per heavy atom. The zero-order valence-electron chi connectivity index (χ0n) is 7.93. The third kappa shape index (κ3) is 5.13. The molecule has 0 aromatic rings. The van der Waals surface area contributed by atoms with Crippen LogP contribution in [0.2, 0.25) is 0 Å². The van der Waals surface area contributed by atoms with Crippen molar-refractivity contribution in [2.45, 2.75) is 13.3 Å². The molecule has 0 bridgehead atoms. The quantitative estimate of drug-likeness (QED) is 0.432. The van der Waals surface area contributed by atoms with Crippen molar-refractivity contribution in [1.29, 1.82) is 0 Å². The fourth-order valence-electron chi connectivity index (χ4n) is 0.686. The van der Waals surface area contributed by atoms with Crippen LogP contribution in [0.15, 0.2) is 11.0 Å². The van der Waals surface area contributed by atoms with Gasteiger partial charge in [0.2, 0.25) is 5.91 Å². The highest BCUT2D eigenvalue weighted by atomic mass is 32.2. The summed E-state index contributed by atoms with van der Waals surface area (Å²) in [4.78, 5) is 19.9. The van der Waals surface area contributed by atoms with E-state index < -0.39 is 21.0 Å². The van der Waals surface area contributed by atoms with Gasteiger partial charge in [0.25, 0.3) is 0 Å². The van der Waals surface area contributed by atoms with E-state index in [1.165, 1.54) is 0 Å². The molecular weight excluding hydrogens is 226 g/mol. The number of carbonyl (C=O) groups excluding carboxylic acids is 1. The Bertz CT molecular complexity index is 382. The van der Waals surface area contributed by atoms with Crippen LogP contribution in [0.4, 0.5) is 0 Å². The molecule has 7 nitrogen and oxygen atoms in total. The smallest absolute Gasteiger partial charge is 0.349 e. The molecule has 0 aromatic carbocycles. The fourth-order valence-corrected chi connectivity index (χ4v) is 1.20. The van der Waals surface area contributed by atoms with Crippen LogP contribution >= 0.6 is 0 Å². The summed E-state index contributed by atoms with van der Waals surface area (Å²) in [7, 11) is -4.76. The third-order valence-electron chi connectivity index (χ3n) is 1.40. The van der Waals surface area contributed by atoms with Gasteiger partial charge < -0.3 is 10.4 Å². The Morgan fingerprint density at radius 2 is 1.93 bits per heavy atom. The predicted molar refractivity (Wildman–Crippen MR) is 50.6 cm³/mol. The molecule has 0 radical (unpaired) electrons. The normalized spacial score (nSPS) is 12.3. The van der Waals surface area contributed by atoms with Gasteiger partial charge in [-0.15, -0.1) is 0 Å². The van der Waals surface area contributed by atoms with Crippen LogP contribution in [0.25, 0.3) is 0 Å². The van der Waals surface area contributed by atoms with Crippen LogP contribution in [0.1, 0.15) is 13.3 Å². The van der Waals surface area contributed by atoms with E-state index in [9.17, 15) is 18.0 Å². The summed E-state index contributed by atoms with van der Waals surface area (Å²) in [6.45, 7) is 1.31. The number of carbonyl (C=O) groups is 2. The molecule has 1 amide bonds. The summed E-state index contributed by atoms with van der Waals surface area (Å²) >= 11 is 0. The number of carboxylic acid groups (broad SMARTS) is 1. The average Bonchev–Trinajstić information content (AvgIpc) is 2.09. The monoisotopic (exact) mass is 237 g/mol. The van der Waals surface area contributed by atoms with Gasteiger partial charge in [-0.1, -0.05) is 6.92 Å². The Kier molecular flexibility index (Phi) is 4.95. The number of carboxylic acids is 1. The summed E-state index contributed by atoms with van der Waals surface area (Å²) in [6.07, 6.45) is 0.910. The lowest BCUT2D eigenvalue weighted by Gasteiger charge is -2.00. The molecule has 0 saturated carbocycles. The standard InChI is InChI=1S/C7H11NO6S/c1-2-6(9)8-4-3-5(7(10)11)15(12,13)14/h3H,2,4H2,1H3,(H,8,9)(H,10,11)(H,12,13,14). The predicted octanol–water partition coefficient (Wildman–Crippen LogP) is -0.631. The zero-order valence-corrected chi connectivity index (χ0v) is 8.74. The number of nitrogens with one attached hydrogen (secondary N) is 1. The number of hydrogen-bond donors (Lipinski definition) is 3. The van der Waals surface area contributed by atoms with E-state index in [1.54, 1.807) is 6.92 Å². The van der Waals surface area contributed by atoms with E-state index in [1.807, 2.05) is 0 Å². The summed E-state index contributed by atoms with van der Waals surface area (Å²) < 4.78 is 29.5. The maximum Gasteiger partial charge on any atom is 0.349 e. The highest BCUT2D eigenvalue weighted by molar-refractivity contribution is 7.90. The van der Waals surface area contributed by atoms with Crippen LogP contribution in [0.3, 0.4) is 0 Å². The molecule has 3 N–H and O–H groups in total. The molecule has 8 heteroatoms. The number of aliphatic carboxylic acids is 1. The summed E-state index contributed by atoms with van der Waals surface area (Å²) in [5.74, 6) is -2.13. The van der Waals surface area contributed by atoms with Crippen LogP contribution in [-0.2, 0) is 19.7 Å². The lowest BCUT2D eigenvalue weighted by Crippen LogP contribution is -2.23. The SMILES string of the molecule is CCC(=O)NCC=C(C(=O)O)S(=O)(=O)O. The second kappa shape index (κ2) is 5.47. The second-order valence-corrected chi connectivity index (χ2v) is 3.90. The molecule has 0 aliphatic carbocycles. The lowest BCUT2D eigenvalue weighted by atomic mass is 10.4. The maximum absolute atomic E-state index is 10.7. The van der Waals surface area contributed by atoms with Gasteiger partial charge in [-0.05, 0) is 6.08 Å². The average molecular weight is 237 g/mol. The first kappa shape index (κ1) is 13.6. The van der Waals surface area contributed by atoms with Crippen molar-refractivity contribution in [3.63, 3.8) is 0 Å². The summed E-state index contributed by atoms with van der Waals surface area (Å²) in [6, 6.07) is 0. The molecule has 0 aliphatic heterocycles. The van der Waals surface area contributed by atoms with Gasteiger partial charge in [0.05, 0.1) is 0 Å². The van der Waals surface area contributed by atoms with Crippen molar-refractivity contribution in [3.05, 3.63) is 11.0 Å². The van der Waals surface area contributed by atoms with Gasteiger partial charge in [-0.2, -0.15) is 8.42 Å². The van der Waals surface area contributed by atoms with Crippen molar-refractivity contribution in [3.8, 4) is 0 Å². The molecule has 15 heavy (non-hydrogen) atoms. The molecule has 0 saturated heterocycles. The van der Waals surface area contributed by atoms with Crippen LogP contribution in [0.5, 0.6) is 0 Å². The minimum absolute atomic E-state index is 0.197. The first-order valence-corrected chi connectivity index (χ1v) is 5.40. The van der Waals surface area contributed by atoms with Crippen molar-refractivity contribution in [1.82, 2.24) is 5.32 Å². The van der Waals surface area contributed by atoms with E-state index in [4.69, 9.17) is 9.66 Å². The topological polar surface area (TPSA) is 121 Å². The van der Waals surface area contributed by atoms with Gasteiger partial charge in [0, 0.05) is 13.0 Å². The van der Waals surface area contributed by atoms with Crippen LogP contribution in [-0.4, -0.2) is 36.5 Å². The van der Waals surface area contributed by atoms with Crippen LogP contribution in [0, 0.1) is 0 Å². The minimum Gasteiger partial charge on any atom is -0.477 e. The Hall–Kier alpha value is -1.41. The lowest BCUT2D eigenvalue weighted by molar-refractivity contribution is -0.132. The molecule has 86 valence electrons. The molecule has 0 unspecified atom stereocenters. The van der Waals surface area contributed by atoms with Gasteiger partial charge in [-0.25, -0.2) is 4.79 Å². The van der Waals surface area contributed by atoms with E-state index in [2.05, 4.69) is 5.32 Å². The first-order valence-electron chi connectivity index (χ1n) is 3.96. The molecule has 0 heterocycles. The number of rotatable bonds is 5. The van der Waals surface area contributed by atoms with Crippen molar-refractivity contribution < 1.29 is 27.7 Å². The maximum atomic E-state index is 10.7. The van der Waals surface area contributed by atoms with Gasteiger partial charge in [0.1, 0.15) is 0 Å². The Balaban J connectivity index is 4.61. The molecule has 0 fully saturated rings.